The van der Waals surface area contributed by atoms with Crippen molar-refractivity contribution in [2.75, 3.05) is 12.4 Å². The number of fused-ring (bicyclic) bond motifs is 1. The maximum Gasteiger partial charge on any atom is 0.158 e. The zero-order chi connectivity index (χ0) is 17.9. The van der Waals surface area contributed by atoms with Gasteiger partial charge in [0.05, 0.1) is 36.7 Å². The number of hydrogen-bond donors (Lipinski definition) is 2. The summed E-state index contributed by atoms with van der Waals surface area (Å²) in [5, 5.41) is 11.8. The molecule has 0 bridgehead atoms. The van der Waals surface area contributed by atoms with E-state index in [2.05, 4.69) is 30.2 Å². The first kappa shape index (κ1) is 15.5. The molecule has 1 aromatic carbocycles. The van der Waals surface area contributed by atoms with Gasteiger partial charge in [-0.15, -0.1) is 0 Å². The highest BCUT2D eigenvalue weighted by Crippen LogP contribution is 2.24. The Morgan fingerprint density at radius 2 is 1.85 bits per heavy atom. The molecule has 0 saturated carbocycles. The lowest BCUT2D eigenvalue weighted by Gasteiger charge is -2.03. The lowest BCUT2D eigenvalue weighted by Crippen LogP contribution is -1.97. The third kappa shape index (κ3) is 3.01. The zero-order valence-electron chi connectivity index (χ0n) is 13.8. The normalized spacial score (nSPS) is 10.5. The molecule has 0 atom stereocenters. The number of ether oxygens (including phenoxy) is 1. The Hall–Kier alpha value is -3.99. The van der Waals surface area contributed by atoms with E-state index in [1.165, 1.54) is 12.4 Å². The number of imidazole rings is 1. The average molecular weight is 343 g/mol. The number of pyridine rings is 1. The molecule has 126 valence electrons. The fourth-order valence-electron chi connectivity index (χ4n) is 2.45. The summed E-state index contributed by atoms with van der Waals surface area (Å²) >= 11 is 0. The highest BCUT2D eigenvalue weighted by atomic mass is 16.5. The van der Waals surface area contributed by atoms with Crippen molar-refractivity contribution in [1.29, 1.82) is 5.26 Å². The van der Waals surface area contributed by atoms with Gasteiger partial charge in [-0.25, -0.2) is 19.9 Å². The van der Waals surface area contributed by atoms with Gasteiger partial charge in [-0.1, -0.05) is 0 Å². The van der Waals surface area contributed by atoms with Crippen molar-refractivity contribution in [3.8, 4) is 23.2 Å². The van der Waals surface area contributed by atoms with Gasteiger partial charge < -0.3 is 15.0 Å². The van der Waals surface area contributed by atoms with Crippen LogP contribution in [-0.4, -0.2) is 32.0 Å². The van der Waals surface area contributed by atoms with Gasteiger partial charge in [0, 0.05) is 11.6 Å². The molecule has 0 unspecified atom stereocenters. The second kappa shape index (κ2) is 6.49. The summed E-state index contributed by atoms with van der Waals surface area (Å²) in [6.07, 6.45) is 4.59. The van der Waals surface area contributed by atoms with Crippen LogP contribution >= 0.6 is 0 Å². The molecule has 0 aliphatic carbocycles. The lowest BCUT2D eigenvalue weighted by molar-refractivity contribution is 0.415. The highest BCUT2D eigenvalue weighted by Gasteiger charge is 2.08. The van der Waals surface area contributed by atoms with Crippen molar-refractivity contribution in [3.63, 3.8) is 0 Å². The van der Waals surface area contributed by atoms with Crippen molar-refractivity contribution in [1.82, 2.24) is 24.9 Å². The van der Waals surface area contributed by atoms with Crippen LogP contribution < -0.4 is 10.1 Å². The number of benzene rings is 1. The Kier molecular flexibility index (Phi) is 3.88. The predicted molar refractivity (Wildman–Crippen MR) is 95.9 cm³/mol. The third-order valence-corrected chi connectivity index (χ3v) is 3.75. The Morgan fingerprint density at radius 1 is 1.04 bits per heavy atom. The minimum atomic E-state index is 0.260. The Balaban J connectivity index is 1.61. The number of nitriles is 1. The first-order valence-electron chi connectivity index (χ1n) is 7.74. The molecular formula is C18H13N7O. The molecule has 2 N–H and O–H groups in total. The molecule has 8 nitrogen and oxygen atoms in total. The molecule has 3 aromatic heterocycles. The number of nitrogens with one attached hydrogen (secondary N) is 2. The minimum Gasteiger partial charge on any atom is -0.497 e. The highest BCUT2D eigenvalue weighted by molar-refractivity contribution is 5.81. The number of nitrogens with zero attached hydrogens (tertiary/aromatic N) is 5. The molecule has 0 fully saturated rings. The van der Waals surface area contributed by atoms with Gasteiger partial charge in [-0.05, 0) is 24.3 Å². The summed E-state index contributed by atoms with van der Waals surface area (Å²) in [6.45, 7) is 0. The smallest absolute Gasteiger partial charge is 0.158 e. The maximum atomic E-state index is 8.76. The molecule has 26 heavy (non-hydrogen) atoms. The van der Waals surface area contributed by atoms with E-state index in [0.717, 1.165) is 28.2 Å². The van der Waals surface area contributed by atoms with Gasteiger partial charge in [-0.3, -0.25) is 0 Å². The van der Waals surface area contributed by atoms with Crippen molar-refractivity contribution in [2.24, 2.45) is 0 Å². The van der Waals surface area contributed by atoms with Crippen LogP contribution in [0.1, 0.15) is 5.69 Å². The fourth-order valence-corrected chi connectivity index (χ4v) is 2.45. The molecular weight excluding hydrogens is 330 g/mol. The van der Waals surface area contributed by atoms with E-state index in [0.29, 0.717) is 11.6 Å². The lowest BCUT2D eigenvalue weighted by atomic mass is 10.2. The number of rotatable bonds is 4. The molecule has 0 saturated heterocycles. The quantitative estimate of drug-likeness (QED) is 0.585. The van der Waals surface area contributed by atoms with Crippen LogP contribution in [0.25, 0.3) is 22.4 Å². The first-order chi connectivity index (χ1) is 12.7. The van der Waals surface area contributed by atoms with Crippen molar-refractivity contribution in [2.45, 2.75) is 0 Å². The molecule has 4 rings (SSSR count). The molecule has 0 amide bonds. The summed E-state index contributed by atoms with van der Waals surface area (Å²) in [6, 6.07) is 11.4. The molecule has 3 heterocycles. The van der Waals surface area contributed by atoms with Gasteiger partial charge in [-0.2, -0.15) is 5.26 Å². The van der Waals surface area contributed by atoms with E-state index in [9.17, 15) is 0 Å². The fraction of sp³-hybridized carbons (Fsp3) is 0.0556. The number of aromatic amines is 1. The van der Waals surface area contributed by atoms with E-state index < -0.39 is 0 Å². The van der Waals surface area contributed by atoms with Crippen LogP contribution in [0.5, 0.6) is 5.75 Å². The van der Waals surface area contributed by atoms with E-state index in [1.54, 1.807) is 13.3 Å². The zero-order valence-corrected chi connectivity index (χ0v) is 13.8. The number of H-pyrrole nitrogens is 1. The van der Waals surface area contributed by atoms with E-state index >= 15 is 0 Å². The van der Waals surface area contributed by atoms with Gasteiger partial charge >= 0.3 is 0 Å². The topological polar surface area (TPSA) is 112 Å². The van der Waals surface area contributed by atoms with E-state index in [-0.39, 0.29) is 5.69 Å². The molecule has 0 radical (unpaired) electrons. The molecule has 0 aliphatic heterocycles. The van der Waals surface area contributed by atoms with E-state index in [4.69, 9.17) is 10.00 Å². The van der Waals surface area contributed by atoms with Crippen LogP contribution in [0.3, 0.4) is 0 Å². The van der Waals surface area contributed by atoms with Crippen molar-refractivity contribution >= 4 is 22.7 Å². The SMILES string of the molecule is COc1ccc(-c2nc3cc(Nc4cnc(C#N)cn4)ncc3[nH]2)cc1. The molecule has 0 spiro atoms. The van der Waals surface area contributed by atoms with Gasteiger partial charge in [0.15, 0.2) is 5.69 Å². The third-order valence-electron chi connectivity index (χ3n) is 3.75. The number of hydrogen-bond acceptors (Lipinski definition) is 7. The summed E-state index contributed by atoms with van der Waals surface area (Å²) in [7, 11) is 1.63. The minimum absolute atomic E-state index is 0.260. The summed E-state index contributed by atoms with van der Waals surface area (Å²) in [5.41, 5.74) is 2.81. The predicted octanol–water partition coefficient (Wildman–Crippen LogP) is 3.04. The Bertz CT molecular complexity index is 1100. The van der Waals surface area contributed by atoms with Crippen LogP contribution in [0.15, 0.2) is 48.9 Å². The monoisotopic (exact) mass is 343 g/mol. The second-order valence-electron chi connectivity index (χ2n) is 5.42. The number of aromatic nitrogens is 5. The van der Waals surface area contributed by atoms with Crippen LogP contribution in [0, 0.1) is 11.3 Å². The Labute approximate surface area is 148 Å². The summed E-state index contributed by atoms with van der Waals surface area (Å²) in [5.74, 6) is 2.63. The Morgan fingerprint density at radius 3 is 2.54 bits per heavy atom. The van der Waals surface area contributed by atoms with E-state index in [1.807, 2.05) is 36.4 Å². The van der Waals surface area contributed by atoms with Crippen molar-refractivity contribution in [3.05, 3.63) is 54.6 Å². The maximum absolute atomic E-state index is 8.76. The van der Waals surface area contributed by atoms with Gasteiger partial charge in [0.2, 0.25) is 0 Å². The molecule has 4 aromatic rings. The summed E-state index contributed by atoms with van der Waals surface area (Å²) < 4.78 is 5.17. The number of anilines is 2. The molecule has 8 heteroatoms. The van der Waals surface area contributed by atoms with Gasteiger partial charge in [0.25, 0.3) is 0 Å². The average Bonchev–Trinajstić information content (AvgIpc) is 3.12. The summed E-state index contributed by atoms with van der Waals surface area (Å²) in [4.78, 5) is 20.3. The van der Waals surface area contributed by atoms with Gasteiger partial charge in [0.1, 0.15) is 29.3 Å². The van der Waals surface area contributed by atoms with Crippen molar-refractivity contribution < 1.29 is 4.74 Å². The second-order valence-corrected chi connectivity index (χ2v) is 5.42. The molecule has 0 aliphatic rings. The van der Waals surface area contributed by atoms with Crippen LogP contribution in [0.4, 0.5) is 11.6 Å². The largest absolute Gasteiger partial charge is 0.497 e. The van der Waals surface area contributed by atoms with Crippen LogP contribution in [-0.2, 0) is 0 Å². The van der Waals surface area contributed by atoms with Crippen LogP contribution in [0.2, 0.25) is 0 Å². The first-order valence-corrected chi connectivity index (χ1v) is 7.74. The standard InChI is InChI=1S/C18H13N7O/c1-26-13-4-2-11(3-5-13)18-23-14-6-16(22-9-15(14)24-18)25-17-10-20-12(7-19)8-21-17/h2-6,8-10H,1H3,(H,23,24)(H,21,22,25). The number of methoxy groups -OCH3 is 1.